The average molecular weight is 451 g/mol. The van der Waals surface area contributed by atoms with Gasteiger partial charge in [-0.15, -0.1) is 0 Å². The van der Waals surface area contributed by atoms with E-state index in [0.717, 1.165) is 42.3 Å². The van der Waals surface area contributed by atoms with Crippen LogP contribution in [0.2, 0.25) is 5.02 Å². The number of benzene rings is 1. The number of likely N-dealkylation sites (N-methyl/N-ethyl adjacent to an activating group) is 1. The lowest BCUT2D eigenvalue weighted by atomic mass is 10.2. The van der Waals surface area contributed by atoms with Crippen molar-refractivity contribution in [1.29, 1.82) is 0 Å². The molecule has 0 bridgehead atoms. The number of carbonyl (C=O) groups is 1. The lowest BCUT2D eigenvalue weighted by Gasteiger charge is -2.28. The van der Waals surface area contributed by atoms with Gasteiger partial charge in [-0.3, -0.25) is 9.69 Å². The van der Waals surface area contributed by atoms with Crippen LogP contribution >= 0.6 is 11.6 Å². The zero-order valence-corrected chi connectivity index (χ0v) is 19.3. The Hall–Kier alpha value is -2.90. The highest BCUT2D eigenvalue weighted by Crippen LogP contribution is 2.30. The molecule has 0 radical (unpaired) electrons. The van der Waals surface area contributed by atoms with Crippen LogP contribution in [0, 0.1) is 0 Å². The summed E-state index contributed by atoms with van der Waals surface area (Å²) >= 11 is 5.97. The first-order valence-corrected chi connectivity index (χ1v) is 11.4. The number of pyridine rings is 1. The third-order valence-corrected chi connectivity index (χ3v) is 6.83. The summed E-state index contributed by atoms with van der Waals surface area (Å²) < 4.78 is 1.73. The van der Waals surface area contributed by atoms with Gasteiger partial charge in [-0.25, -0.2) is 9.67 Å². The number of amides is 1. The first-order valence-electron chi connectivity index (χ1n) is 11.0. The van der Waals surface area contributed by atoms with E-state index < -0.39 is 0 Å². The minimum atomic E-state index is -0.0953. The fourth-order valence-corrected chi connectivity index (χ4v) is 4.56. The second-order valence-corrected chi connectivity index (χ2v) is 9.27. The molecule has 1 atom stereocenters. The molecule has 1 aromatic carbocycles. The van der Waals surface area contributed by atoms with Gasteiger partial charge in [-0.2, -0.15) is 5.10 Å². The number of halogens is 1. The molecule has 1 fully saturated rings. The Morgan fingerprint density at radius 3 is 2.53 bits per heavy atom. The first-order chi connectivity index (χ1) is 15.4. The predicted molar refractivity (Wildman–Crippen MR) is 127 cm³/mol. The Labute approximate surface area is 193 Å². The molecule has 2 aliphatic rings. The molecule has 166 valence electrons. The van der Waals surface area contributed by atoms with E-state index >= 15 is 0 Å². The third-order valence-electron chi connectivity index (χ3n) is 6.58. The van der Waals surface area contributed by atoms with Crippen LogP contribution in [0.4, 0.5) is 11.5 Å². The van der Waals surface area contributed by atoms with E-state index in [-0.39, 0.29) is 5.91 Å². The summed E-state index contributed by atoms with van der Waals surface area (Å²) in [5.74, 6) is 0.868. The summed E-state index contributed by atoms with van der Waals surface area (Å²) in [7, 11) is 2.19. The molecule has 32 heavy (non-hydrogen) atoms. The molecule has 0 saturated carbocycles. The van der Waals surface area contributed by atoms with Crippen LogP contribution in [0.3, 0.4) is 0 Å². The summed E-state index contributed by atoms with van der Waals surface area (Å²) in [6, 6.07) is 12.5. The molecule has 5 rings (SSSR count). The molecular weight excluding hydrogens is 424 g/mol. The van der Waals surface area contributed by atoms with Crippen molar-refractivity contribution in [1.82, 2.24) is 19.7 Å². The number of fused-ring (bicyclic) bond motifs is 1. The quantitative estimate of drug-likeness (QED) is 0.588. The topological polar surface area (TPSA) is 57.5 Å². The van der Waals surface area contributed by atoms with Gasteiger partial charge in [-0.1, -0.05) is 11.6 Å². The van der Waals surface area contributed by atoms with Crippen LogP contribution < -0.4 is 9.80 Å². The van der Waals surface area contributed by atoms with E-state index in [4.69, 9.17) is 11.6 Å². The summed E-state index contributed by atoms with van der Waals surface area (Å²) in [4.78, 5) is 24.2. The molecule has 0 aliphatic carbocycles. The number of carbonyl (C=O) groups excluding carboxylic acids is 1. The number of anilines is 2. The van der Waals surface area contributed by atoms with Crippen molar-refractivity contribution >= 4 is 29.0 Å². The Bertz CT molecular complexity index is 1120. The number of hydrogen-bond donors (Lipinski definition) is 0. The van der Waals surface area contributed by atoms with Gasteiger partial charge in [0, 0.05) is 42.0 Å². The van der Waals surface area contributed by atoms with Crippen LogP contribution in [0.25, 0.3) is 5.69 Å². The maximum atomic E-state index is 13.0. The molecule has 1 saturated heterocycles. The third kappa shape index (κ3) is 3.76. The average Bonchev–Trinajstić information content (AvgIpc) is 3.50. The van der Waals surface area contributed by atoms with E-state index in [1.54, 1.807) is 15.8 Å². The van der Waals surface area contributed by atoms with Gasteiger partial charge in [0.2, 0.25) is 0 Å². The number of rotatable bonds is 5. The number of hydrogen-bond acceptors (Lipinski definition) is 5. The molecule has 0 spiro atoms. The molecular formula is C24H27ClN6O. The fourth-order valence-electron chi connectivity index (χ4n) is 4.44. The molecule has 2 aliphatic heterocycles. The normalized spacial score (nSPS) is 18.3. The van der Waals surface area contributed by atoms with Crippen LogP contribution in [0.5, 0.6) is 0 Å². The minimum Gasteiger partial charge on any atom is -0.355 e. The Kier molecular flexibility index (Phi) is 5.39. The van der Waals surface area contributed by atoms with Gasteiger partial charge in [0.1, 0.15) is 5.82 Å². The Morgan fingerprint density at radius 2 is 1.88 bits per heavy atom. The van der Waals surface area contributed by atoms with Crippen molar-refractivity contribution < 1.29 is 4.79 Å². The van der Waals surface area contributed by atoms with Crippen LogP contribution in [-0.2, 0) is 6.54 Å². The van der Waals surface area contributed by atoms with Gasteiger partial charge in [0.15, 0.2) is 5.69 Å². The monoisotopic (exact) mass is 450 g/mol. The highest BCUT2D eigenvalue weighted by atomic mass is 35.5. The first kappa shape index (κ1) is 21.0. The van der Waals surface area contributed by atoms with E-state index in [0.29, 0.717) is 29.3 Å². The maximum Gasteiger partial charge on any atom is 0.279 e. The van der Waals surface area contributed by atoms with Crippen molar-refractivity contribution in [2.45, 2.75) is 38.9 Å². The second kappa shape index (κ2) is 8.22. The van der Waals surface area contributed by atoms with Crippen molar-refractivity contribution in [2.24, 2.45) is 0 Å². The van der Waals surface area contributed by atoms with Gasteiger partial charge < -0.3 is 9.80 Å². The van der Waals surface area contributed by atoms with Crippen molar-refractivity contribution in [2.75, 3.05) is 29.9 Å². The summed E-state index contributed by atoms with van der Waals surface area (Å²) in [5, 5.41) is 5.19. The highest BCUT2D eigenvalue weighted by molar-refractivity contribution is 6.30. The molecule has 1 amide bonds. The fraction of sp³-hybridized carbons (Fsp3) is 0.375. The summed E-state index contributed by atoms with van der Waals surface area (Å²) in [5.41, 5.74) is 3.07. The van der Waals surface area contributed by atoms with E-state index in [2.05, 4.69) is 40.8 Å². The summed E-state index contributed by atoms with van der Waals surface area (Å²) in [6.07, 6.45) is 4.85. The van der Waals surface area contributed by atoms with Crippen molar-refractivity contribution in [3.05, 3.63) is 65.1 Å². The largest absolute Gasteiger partial charge is 0.355 e. The van der Waals surface area contributed by atoms with Crippen molar-refractivity contribution in [3.8, 4) is 5.69 Å². The molecule has 0 N–H and O–H groups in total. The zero-order valence-electron chi connectivity index (χ0n) is 18.6. The molecule has 2 aromatic heterocycles. The predicted octanol–water partition coefficient (Wildman–Crippen LogP) is 4.00. The Morgan fingerprint density at radius 1 is 1.12 bits per heavy atom. The molecule has 8 heteroatoms. The Balaban J connectivity index is 1.28. The van der Waals surface area contributed by atoms with E-state index in [1.165, 1.54) is 0 Å². The maximum absolute atomic E-state index is 13.0. The summed E-state index contributed by atoms with van der Waals surface area (Å²) in [6.45, 7) is 6.93. The van der Waals surface area contributed by atoms with Crippen LogP contribution in [-0.4, -0.2) is 57.8 Å². The van der Waals surface area contributed by atoms with Crippen LogP contribution in [0.1, 0.15) is 36.3 Å². The van der Waals surface area contributed by atoms with Gasteiger partial charge >= 0.3 is 0 Å². The van der Waals surface area contributed by atoms with Gasteiger partial charge in [0.25, 0.3) is 5.91 Å². The van der Waals surface area contributed by atoms with Crippen molar-refractivity contribution in [3.63, 3.8) is 0 Å². The standard InChI is InChI=1S/C24H27ClN6O/c1-16(2)28(3)21-10-11-29(15-21)22-9-8-20(12-26-22)30-13-17-14-31(27-23(17)24(30)32)19-6-4-18(25)5-7-19/h4-9,12,14,16,21H,10-11,13,15H2,1-3H3. The van der Waals surface area contributed by atoms with E-state index in [1.807, 2.05) is 42.6 Å². The van der Waals surface area contributed by atoms with Gasteiger partial charge in [0.05, 0.1) is 24.1 Å². The zero-order chi connectivity index (χ0) is 22.4. The number of aromatic nitrogens is 3. The lowest BCUT2D eigenvalue weighted by molar-refractivity contribution is 0.0991. The molecule has 1 unspecified atom stereocenters. The second-order valence-electron chi connectivity index (χ2n) is 8.84. The molecule has 7 nitrogen and oxygen atoms in total. The number of nitrogens with zero attached hydrogens (tertiary/aromatic N) is 6. The molecule has 3 aromatic rings. The molecule has 4 heterocycles. The van der Waals surface area contributed by atoms with Crippen LogP contribution in [0.15, 0.2) is 48.8 Å². The highest BCUT2D eigenvalue weighted by Gasteiger charge is 2.33. The minimum absolute atomic E-state index is 0.0953. The smallest absolute Gasteiger partial charge is 0.279 e. The SMILES string of the molecule is CC(C)N(C)C1CCN(c2ccc(N3Cc4cn(-c5ccc(Cl)cc5)nc4C3=O)cn2)C1. The van der Waals surface area contributed by atoms with E-state index in [9.17, 15) is 4.79 Å². The lowest BCUT2D eigenvalue weighted by Crippen LogP contribution is -2.39. The van der Waals surface area contributed by atoms with Gasteiger partial charge in [-0.05, 0) is 63.7 Å².